The third-order valence-electron chi connectivity index (χ3n) is 6.32. The number of aromatic nitrogens is 2. The van der Waals surface area contributed by atoms with Crippen molar-refractivity contribution in [3.05, 3.63) is 41.6 Å². The van der Waals surface area contributed by atoms with E-state index in [0.29, 0.717) is 25.2 Å². The first-order chi connectivity index (χ1) is 16.4. The topological polar surface area (TPSA) is 91.0 Å². The molecule has 1 aromatic carbocycles. The largest absolute Gasteiger partial charge is 0.417 e. The normalized spacial score (nSPS) is 22.2. The van der Waals surface area contributed by atoms with Gasteiger partial charge in [0.15, 0.2) is 0 Å². The van der Waals surface area contributed by atoms with Gasteiger partial charge in [0.1, 0.15) is 17.4 Å². The lowest BCUT2D eigenvalue weighted by Gasteiger charge is -2.27. The second kappa shape index (κ2) is 9.30. The number of alkyl halides is 3. The fourth-order valence-corrected chi connectivity index (χ4v) is 6.09. The van der Waals surface area contributed by atoms with Crippen LogP contribution in [0.15, 0.2) is 35.2 Å². The number of halogens is 3. The Labute approximate surface area is 204 Å². The van der Waals surface area contributed by atoms with Crippen molar-refractivity contribution in [2.75, 3.05) is 11.4 Å². The highest BCUT2D eigenvalue weighted by atomic mass is 32.2. The minimum Gasteiger partial charge on any atom is -0.344 e. The van der Waals surface area contributed by atoms with Crippen LogP contribution in [0.3, 0.4) is 0 Å². The van der Waals surface area contributed by atoms with E-state index in [2.05, 4.69) is 16.5 Å². The Morgan fingerprint density at radius 3 is 2.63 bits per heavy atom. The molecule has 1 unspecified atom stereocenters. The van der Waals surface area contributed by atoms with Gasteiger partial charge in [0, 0.05) is 19.2 Å². The number of hydrogen-bond donors (Lipinski definition) is 1. The Bertz CT molecular complexity index is 1180. The number of hydrogen-bond acceptors (Lipinski definition) is 5. The second-order valence-corrected chi connectivity index (χ2v) is 11.4. The third kappa shape index (κ3) is 5.22. The van der Waals surface area contributed by atoms with Crippen LogP contribution in [0.25, 0.3) is 0 Å². The summed E-state index contributed by atoms with van der Waals surface area (Å²) in [6.45, 7) is 6.60. The van der Waals surface area contributed by atoms with Gasteiger partial charge in [-0.3, -0.25) is 9.00 Å². The first-order valence-electron chi connectivity index (χ1n) is 11.6. The Hall–Kier alpha value is -2.87. The lowest BCUT2D eigenvalue weighted by molar-refractivity contribution is -0.139. The predicted molar refractivity (Wildman–Crippen MR) is 125 cm³/mol. The van der Waals surface area contributed by atoms with Crippen LogP contribution < -0.4 is 10.2 Å². The minimum atomic E-state index is -4.64. The summed E-state index contributed by atoms with van der Waals surface area (Å²) in [6, 6.07) is 8.04. The van der Waals surface area contributed by atoms with E-state index in [1.165, 1.54) is 18.2 Å². The van der Waals surface area contributed by atoms with Crippen LogP contribution in [-0.2, 0) is 28.3 Å². The summed E-state index contributed by atoms with van der Waals surface area (Å²) in [4.78, 5) is 14.8. The van der Waals surface area contributed by atoms with Gasteiger partial charge in [-0.25, -0.2) is 4.68 Å². The maximum atomic E-state index is 13.6. The molecule has 1 saturated carbocycles. The maximum absolute atomic E-state index is 13.6. The Morgan fingerprint density at radius 2 is 2.03 bits per heavy atom. The molecule has 0 radical (unpaired) electrons. The molecule has 7 nitrogen and oxygen atoms in total. The molecule has 1 aromatic heterocycles. The molecule has 1 N–H and O–H groups in total. The highest BCUT2D eigenvalue weighted by Gasteiger charge is 2.49. The molecule has 1 aliphatic heterocycles. The van der Waals surface area contributed by atoms with E-state index in [9.17, 15) is 27.4 Å². The number of carbonyl (C=O) groups excluding carboxylic acids is 1. The van der Waals surface area contributed by atoms with Gasteiger partial charge < -0.3 is 10.2 Å². The molecule has 0 bridgehead atoms. The van der Waals surface area contributed by atoms with Crippen molar-refractivity contribution in [2.24, 2.45) is 5.92 Å². The molecule has 35 heavy (non-hydrogen) atoms. The van der Waals surface area contributed by atoms with Gasteiger partial charge in [0.2, 0.25) is 5.91 Å². The predicted octanol–water partition coefficient (Wildman–Crippen LogP) is 3.79. The van der Waals surface area contributed by atoms with Crippen molar-refractivity contribution in [1.29, 1.82) is 5.26 Å². The van der Waals surface area contributed by atoms with Crippen LogP contribution in [0.4, 0.5) is 19.0 Å². The first-order valence-corrected chi connectivity index (χ1v) is 12.8. The summed E-state index contributed by atoms with van der Waals surface area (Å²) >= 11 is 0. The lowest BCUT2D eigenvalue weighted by atomic mass is 10.1. The zero-order chi connectivity index (χ0) is 25.5. The first kappa shape index (κ1) is 25.2. The molecule has 4 rings (SSSR count). The van der Waals surface area contributed by atoms with E-state index >= 15 is 0 Å². The molecule has 2 aliphatic rings. The molecule has 1 aliphatic carbocycles. The molecule has 2 aromatic rings. The van der Waals surface area contributed by atoms with Crippen LogP contribution in [0.2, 0.25) is 0 Å². The fourth-order valence-electron chi connectivity index (χ4n) is 4.46. The van der Waals surface area contributed by atoms with Crippen molar-refractivity contribution in [2.45, 2.75) is 74.5 Å². The van der Waals surface area contributed by atoms with E-state index in [-0.39, 0.29) is 29.7 Å². The number of carbonyl (C=O) groups is 1. The summed E-state index contributed by atoms with van der Waals surface area (Å²) in [5, 5.41) is 16.1. The van der Waals surface area contributed by atoms with Gasteiger partial charge in [-0.1, -0.05) is 26.0 Å². The number of anilines is 1. The smallest absolute Gasteiger partial charge is 0.344 e. The van der Waals surface area contributed by atoms with E-state index in [1.807, 2.05) is 26.8 Å². The number of nitriles is 1. The molecule has 1 amide bonds. The van der Waals surface area contributed by atoms with Crippen molar-refractivity contribution >= 4 is 22.5 Å². The van der Waals surface area contributed by atoms with Crippen molar-refractivity contribution in [3.8, 4) is 6.07 Å². The summed E-state index contributed by atoms with van der Waals surface area (Å²) in [5.74, 6) is 0.532. The molecular formula is C24H28F3N5O2S. The van der Waals surface area contributed by atoms with Crippen LogP contribution in [-0.4, -0.2) is 43.3 Å². The average Bonchev–Trinajstić information content (AvgIpc) is 3.26. The number of amides is 1. The van der Waals surface area contributed by atoms with Crippen molar-refractivity contribution in [1.82, 2.24) is 15.1 Å². The molecule has 2 heterocycles. The van der Waals surface area contributed by atoms with E-state index in [1.54, 1.807) is 9.58 Å². The van der Waals surface area contributed by atoms with E-state index in [0.717, 1.165) is 11.8 Å². The van der Waals surface area contributed by atoms with Crippen LogP contribution in [0, 0.1) is 24.2 Å². The number of benzene rings is 1. The second-order valence-electron chi connectivity index (χ2n) is 9.72. The van der Waals surface area contributed by atoms with E-state index in [4.69, 9.17) is 0 Å². The Balaban J connectivity index is 1.68. The summed E-state index contributed by atoms with van der Waals surface area (Å²) < 4.78 is 56.0. The lowest BCUT2D eigenvalue weighted by Crippen LogP contribution is -2.48. The van der Waals surface area contributed by atoms with Crippen LogP contribution >= 0.6 is 0 Å². The van der Waals surface area contributed by atoms with Crippen molar-refractivity contribution in [3.63, 3.8) is 0 Å². The fraction of sp³-hybridized carbons (Fsp3) is 0.542. The monoisotopic (exact) mass is 507 g/mol. The summed E-state index contributed by atoms with van der Waals surface area (Å²) in [5.41, 5.74) is -1.08. The minimum absolute atomic E-state index is 0.0953. The maximum Gasteiger partial charge on any atom is 0.417 e. The number of rotatable bonds is 7. The van der Waals surface area contributed by atoms with Crippen molar-refractivity contribution < 1.29 is 22.2 Å². The number of aryl methyl sites for hydroxylation is 1. The average molecular weight is 508 g/mol. The highest BCUT2D eigenvalue weighted by Crippen LogP contribution is 2.38. The van der Waals surface area contributed by atoms with Gasteiger partial charge in [-0.05, 0) is 44.2 Å². The molecule has 0 spiro atoms. The standard InChI is InChI=1S/C24H28F3N5O2S/c1-15(2)12-32-21(10-16(3)30-32)31-13-17(11-19(31)22(33)29-23(14-28)8-9-23)35(34)20-7-5-4-6-18(20)24(25,26)27/h4-7,10,15,17,19H,8-9,11-13H2,1-3H3,(H,29,33)/t17-,19+,35?/m1/s1. The SMILES string of the molecule is Cc1cc(N2C[C@H](S(=O)c3ccccc3C(F)(F)F)C[C@H]2C(=O)NC2(C#N)CC2)n(CC(C)C)n1. The third-order valence-corrected chi connectivity index (χ3v) is 8.05. The zero-order valence-electron chi connectivity index (χ0n) is 19.8. The molecular weight excluding hydrogens is 479 g/mol. The molecule has 1 saturated heterocycles. The number of nitrogens with one attached hydrogen (secondary N) is 1. The quantitative estimate of drug-likeness (QED) is 0.616. The van der Waals surface area contributed by atoms with Gasteiger partial charge >= 0.3 is 6.18 Å². The molecule has 11 heteroatoms. The molecule has 3 atom stereocenters. The molecule has 2 fully saturated rings. The Kier molecular flexibility index (Phi) is 6.70. The summed E-state index contributed by atoms with van der Waals surface area (Å²) in [6.07, 6.45) is -3.43. The molecule has 188 valence electrons. The number of nitrogens with zero attached hydrogens (tertiary/aromatic N) is 4. The van der Waals surface area contributed by atoms with Crippen LogP contribution in [0.1, 0.15) is 44.4 Å². The van der Waals surface area contributed by atoms with Crippen LogP contribution in [0.5, 0.6) is 0 Å². The van der Waals surface area contributed by atoms with E-state index < -0.39 is 39.4 Å². The van der Waals surface area contributed by atoms with Gasteiger partial charge in [-0.15, -0.1) is 0 Å². The van der Waals surface area contributed by atoms with Gasteiger partial charge in [-0.2, -0.15) is 23.5 Å². The highest BCUT2D eigenvalue weighted by molar-refractivity contribution is 7.85. The van der Waals surface area contributed by atoms with Gasteiger partial charge in [0.25, 0.3) is 0 Å². The summed E-state index contributed by atoms with van der Waals surface area (Å²) in [7, 11) is -2.00. The Morgan fingerprint density at radius 1 is 1.34 bits per heavy atom. The van der Waals surface area contributed by atoms with Gasteiger partial charge in [0.05, 0.1) is 38.3 Å². The zero-order valence-corrected chi connectivity index (χ0v) is 20.6.